The first-order valence-electron chi connectivity index (χ1n) is 11.4. The zero-order valence-corrected chi connectivity index (χ0v) is 19.5. The van der Waals surface area contributed by atoms with E-state index in [1.807, 2.05) is 0 Å². The summed E-state index contributed by atoms with van der Waals surface area (Å²) >= 11 is 0. The van der Waals surface area contributed by atoms with Gasteiger partial charge in [-0.25, -0.2) is 9.07 Å². The summed E-state index contributed by atoms with van der Waals surface area (Å²) in [5.41, 5.74) is 4.99. The summed E-state index contributed by atoms with van der Waals surface area (Å²) in [7, 11) is 0. The molecular weight excluding hydrogens is 453 g/mol. The Labute approximate surface area is 200 Å². The monoisotopic (exact) mass is 479 g/mol. The number of nitrogens with zero attached hydrogens (tertiary/aromatic N) is 3. The van der Waals surface area contributed by atoms with E-state index in [4.69, 9.17) is 0 Å². The predicted octanol–water partition coefficient (Wildman–Crippen LogP) is 2.43. The van der Waals surface area contributed by atoms with Crippen molar-refractivity contribution in [3.8, 4) is 0 Å². The molecule has 10 heteroatoms. The number of likely N-dealkylation sites (tertiary alicyclic amines) is 1. The summed E-state index contributed by atoms with van der Waals surface area (Å²) in [6, 6.07) is 11.8. The molecule has 2 heterocycles. The SMILES string of the molecule is CC(C)n1nc(C(=O)NNC(=O)C2CCN(C(=O)c3ccc(F)cc3)CC2)c2ccccc2c1=O. The van der Waals surface area contributed by atoms with Crippen molar-refractivity contribution in [2.24, 2.45) is 5.92 Å². The number of aromatic nitrogens is 2. The van der Waals surface area contributed by atoms with Gasteiger partial charge in [-0.3, -0.25) is 30.0 Å². The van der Waals surface area contributed by atoms with E-state index in [0.717, 1.165) is 0 Å². The fourth-order valence-corrected chi connectivity index (χ4v) is 4.12. The molecule has 1 aliphatic rings. The maximum absolute atomic E-state index is 13.1. The Morgan fingerprint density at radius 3 is 2.23 bits per heavy atom. The van der Waals surface area contributed by atoms with Crippen LogP contribution in [0.1, 0.15) is 53.6 Å². The zero-order chi connectivity index (χ0) is 25.1. The molecule has 1 aromatic heterocycles. The van der Waals surface area contributed by atoms with Crippen molar-refractivity contribution in [3.63, 3.8) is 0 Å². The number of carbonyl (C=O) groups is 3. The van der Waals surface area contributed by atoms with E-state index in [0.29, 0.717) is 42.3 Å². The predicted molar refractivity (Wildman–Crippen MR) is 127 cm³/mol. The molecule has 0 aliphatic carbocycles. The molecule has 0 bridgehead atoms. The number of piperidine rings is 1. The number of hydrogen-bond donors (Lipinski definition) is 2. The molecule has 2 N–H and O–H groups in total. The van der Waals surface area contributed by atoms with Gasteiger partial charge in [-0.2, -0.15) is 5.10 Å². The van der Waals surface area contributed by atoms with Gasteiger partial charge in [0.15, 0.2) is 5.69 Å². The van der Waals surface area contributed by atoms with Gasteiger partial charge in [0.1, 0.15) is 5.82 Å². The van der Waals surface area contributed by atoms with Crippen LogP contribution in [-0.4, -0.2) is 45.5 Å². The number of fused-ring (bicyclic) bond motifs is 1. The summed E-state index contributed by atoms with van der Waals surface area (Å²) < 4.78 is 14.3. The molecule has 9 nitrogen and oxygen atoms in total. The van der Waals surface area contributed by atoms with Gasteiger partial charge in [0.05, 0.1) is 11.4 Å². The number of halogens is 1. The Morgan fingerprint density at radius 1 is 0.971 bits per heavy atom. The van der Waals surface area contributed by atoms with E-state index in [9.17, 15) is 23.6 Å². The molecule has 0 atom stereocenters. The lowest BCUT2D eigenvalue weighted by Gasteiger charge is -2.31. The topological polar surface area (TPSA) is 113 Å². The van der Waals surface area contributed by atoms with Crippen LogP contribution in [0, 0.1) is 11.7 Å². The maximum Gasteiger partial charge on any atom is 0.290 e. The van der Waals surface area contributed by atoms with Gasteiger partial charge in [-0.1, -0.05) is 18.2 Å². The number of nitrogens with one attached hydrogen (secondary N) is 2. The third kappa shape index (κ3) is 5.06. The van der Waals surface area contributed by atoms with Crippen molar-refractivity contribution in [2.45, 2.75) is 32.7 Å². The minimum absolute atomic E-state index is 0.0360. The van der Waals surface area contributed by atoms with E-state index in [-0.39, 0.29) is 35.0 Å². The molecule has 3 amide bonds. The molecule has 2 aromatic carbocycles. The van der Waals surface area contributed by atoms with Crippen molar-refractivity contribution < 1.29 is 18.8 Å². The van der Waals surface area contributed by atoms with Crippen LogP contribution in [0.2, 0.25) is 0 Å². The van der Waals surface area contributed by atoms with Crippen molar-refractivity contribution in [2.75, 3.05) is 13.1 Å². The van der Waals surface area contributed by atoms with E-state index in [1.54, 1.807) is 43.0 Å². The smallest absolute Gasteiger partial charge is 0.290 e. The second-order valence-electron chi connectivity index (χ2n) is 8.75. The van der Waals surface area contributed by atoms with Gasteiger partial charge < -0.3 is 4.90 Å². The normalized spacial score (nSPS) is 14.2. The van der Waals surface area contributed by atoms with Crippen LogP contribution < -0.4 is 16.4 Å². The Hall–Kier alpha value is -4.08. The van der Waals surface area contributed by atoms with Crippen molar-refractivity contribution in [3.05, 3.63) is 76.0 Å². The van der Waals surface area contributed by atoms with Gasteiger partial charge in [0, 0.05) is 30.0 Å². The molecule has 35 heavy (non-hydrogen) atoms. The fraction of sp³-hybridized carbons (Fsp3) is 0.320. The minimum atomic E-state index is -0.632. The lowest BCUT2D eigenvalue weighted by Crippen LogP contribution is -2.48. The van der Waals surface area contributed by atoms with Crippen molar-refractivity contribution in [1.29, 1.82) is 0 Å². The molecule has 182 valence electrons. The Balaban J connectivity index is 1.38. The molecule has 4 rings (SSSR count). The van der Waals surface area contributed by atoms with Gasteiger partial charge in [-0.05, 0) is 57.0 Å². The number of amides is 3. The second-order valence-corrected chi connectivity index (χ2v) is 8.75. The van der Waals surface area contributed by atoms with Gasteiger partial charge in [0.25, 0.3) is 17.4 Å². The zero-order valence-electron chi connectivity index (χ0n) is 19.5. The molecule has 1 saturated heterocycles. The summed E-state index contributed by atoms with van der Waals surface area (Å²) in [5.74, 6) is -2.01. The van der Waals surface area contributed by atoms with E-state index < -0.39 is 11.7 Å². The van der Waals surface area contributed by atoms with Crippen LogP contribution in [0.3, 0.4) is 0 Å². The van der Waals surface area contributed by atoms with Crippen molar-refractivity contribution >= 4 is 28.5 Å². The number of benzene rings is 2. The lowest BCUT2D eigenvalue weighted by atomic mass is 9.95. The minimum Gasteiger partial charge on any atom is -0.339 e. The van der Waals surface area contributed by atoms with Crippen LogP contribution in [0.25, 0.3) is 10.8 Å². The number of hydrogen-bond acceptors (Lipinski definition) is 5. The van der Waals surface area contributed by atoms with E-state index in [1.165, 1.54) is 28.9 Å². The van der Waals surface area contributed by atoms with Gasteiger partial charge >= 0.3 is 0 Å². The summed E-state index contributed by atoms with van der Waals surface area (Å²) in [4.78, 5) is 52.4. The standard InChI is InChI=1S/C25H26FN5O4/c1-15(2)31-25(35)20-6-4-3-5-19(20)21(29-31)23(33)28-27-22(32)16-11-13-30(14-12-16)24(34)17-7-9-18(26)10-8-17/h3-10,15-16H,11-14H2,1-2H3,(H,27,32)(H,28,33). The molecule has 0 spiro atoms. The Morgan fingerprint density at radius 2 is 1.60 bits per heavy atom. The van der Waals surface area contributed by atoms with Crippen LogP contribution in [0.4, 0.5) is 4.39 Å². The molecule has 0 radical (unpaired) electrons. The average Bonchev–Trinajstić information content (AvgIpc) is 2.87. The molecule has 0 saturated carbocycles. The fourth-order valence-electron chi connectivity index (χ4n) is 4.12. The highest BCUT2D eigenvalue weighted by Crippen LogP contribution is 2.20. The van der Waals surface area contributed by atoms with E-state index in [2.05, 4.69) is 16.0 Å². The summed E-state index contributed by atoms with van der Waals surface area (Å²) in [5, 5.41) is 4.99. The molecule has 3 aromatic rings. The second kappa shape index (κ2) is 10.0. The van der Waals surface area contributed by atoms with Crippen LogP contribution in [-0.2, 0) is 4.79 Å². The number of carbonyl (C=O) groups excluding carboxylic acids is 3. The van der Waals surface area contributed by atoms with Crippen LogP contribution in [0.15, 0.2) is 53.3 Å². The van der Waals surface area contributed by atoms with Gasteiger partial charge in [0.2, 0.25) is 5.91 Å². The molecular formula is C25H26FN5O4. The van der Waals surface area contributed by atoms with Crippen molar-refractivity contribution in [1.82, 2.24) is 25.5 Å². The highest BCUT2D eigenvalue weighted by atomic mass is 19.1. The number of rotatable bonds is 4. The third-order valence-electron chi connectivity index (χ3n) is 6.08. The number of hydrazine groups is 1. The first kappa shape index (κ1) is 24.1. The highest BCUT2D eigenvalue weighted by molar-refractivity contribution is 6.05. The average molecular weight is 480 g/mol. The maximum atomic E-state index is 13.1. The first-order chi connectivity index (χ1) is 16.8. The Bertz CT molecular complexity index is 1330. The largest absolute Gasteiger partial charge is 0.339 e. The summed E-state index contributed by atoms with van der Waals surface area (Å²) in [6.45, 7) is 4.32. The molecule has 0 unspecified atom stereocenters. The lowest BCUT2D eigenvalue weighted by molar-refractivity contribution is -0.127. The van der Waals surface area contributed by atoms with E-state index >= 15 is 0 Å². The Kier molecular flexibility index (Phi) is 6.90. The summed E-state index contributed by atoms with van der Waals surface area (Å²) in [6.07, 6.45) is 0.849. The quantitative estimate of drug-likeness (QED) is 0.558. The molecule has 1 fully saturated rings. The third-order valence-corrected chi connectivity index (χ3v) is 6.08. The first-order valence-corrected chi connectivity index (χ1v) is 11.4. The van der Waals surface area contributed by atoms with Crippen LogP contribution >= 0.6 is 0 Å². The van der Waals surface area contributed by atoms with Gasteiger partial charge in [-0.15, -0.1) is 0 Å². The molecule has 1 aliphatic heterocycles. The highest BCUT2D eigenvalue weighted by Gasteiger charge is 2.28. The van der Waals surface area contributed by atoms with Crippen LogP contribution in [0.5, 0.6) is 0 Å².